The molecule has 1 unspecified atom stereocenters. The van der Waals surface area contributed by atoms with Gasteiger partial charge in [-0.15, -0.1) is 11.6 Å². The summed E-state index contributed by atoms with van der Waals surface area (Å²) in [5.74, 6) is 0.962. The van der Waals surface area contributed by atoms with Gasteiger partial charge in [0.1, 0.15) is 5.82 Å². The van der Waals surface area contributed by atoms with Gasteiger partial charge in [0.25, 0.3) is 0 Å². The van der Waals surface area contributed by atoms with Crippen LogP contribution in [0.4, 0.5) is 10.1 Å². The number of halogens is 2. The molecule has 0 amide bonds. The van der Waals surface area contributed by atoms with Gasteiger partial charge >= 0.3 is 0 Å². The van der Waals surface area contributed by atoms with Gasteiger partial charge < -0.3 is 4.90 Å². The van der Waals surface area contributed by atoms with Crippen LogP contribution in [-0.4, -0.2) is 13.1 Å². The molecule has 0 radical (unpaired) electrons. The molecular formula is C14H19ClFN. The first-order chi connectivity index (χ1) is 8.24. The van der Waals surface area contributed by atoms with Gasteiger partial charge in [-0.25, -0.2) is 4.39 Å². The van der Waals surface area contributed by atoms with Gasteiger partial charge in [0, 0.05) is 24.7 Å². The van der Waals surface area contributed by atoms with E-state index in [-0.39, 0.29) is 5.82 Å². The van der Waals surface area contributed by atoms with Gasteiger partial charge in [0.05, 0.1) is 0 Å². The van der Waals surface area contributed by atoms with Gasteiger partial charge in [0.2, 0.25) is 0 Å². The van der Waals surface area contributed by atoms with E-state index in [0.717, 1.165) is 30.3 Å². The minimum atomic E-state index is -0.200. The molecule has 94 valence electrons. The minimum Gasteiger partial charge on any atom is -0.371 e. The summed E-state index contributed by atoms with van der Waals surface area (Å²) in [6, 6.07) is 4.94. The van der Waals surface area contributed by atoms with Crippen molar-refractivity contribution < 1.29 is 4.39 Å². The average molecular weight is 256 g/mol. The van der Waals surface area contributed by atoms with E-state index in [1.165, 1.54) is 25.3 Å². The lowest BCUT2D eigenvalue weighted by molar-refractivity contribution is 0.529. The lowest BCUT2D eigenvalue weighted by Crippen LogP contribution is -2.20. The molecule has 1 heterocycles. The molecule has 0 spiro atoms. The van der Waals surface area contributed by atoms with Crippen LogP contribution in [0.2, 0.25) is 0 Å². The Morgan fingerprint density at radius 1 is 1.47 bits per heavy atom. The fraction of sp³-hybridized carbons (Fsp3) is 0.571. The van der Waals surface area contributed by atoms with Gasteiger partial charge in [-0.2, -0.15) is 0 Å². The number of hydrogen-bond acceptors (Lipinski definition) is 1. The maximum Gasteiger partial charge on any atom is 0.123 e. The van der Waals surface area contributed by atoms with Crippen molar-refractivity contribution in [2.75, 3.05) is 18.0 Å². The van der Waals surface area contributed by atoms with Gasteiger partial charge in [0.15, 0.2) is 0 Å². The molecule has 0 aromatic heterocycles. The summed E-state index contributed by atoms with van der Waals surface area (Å²) in [6.45, 7) is 4.38. The summed E-state index contributed by atoms with van der Waals surface area (Å²) >= 11 is 5.89. The van der Waals surface area contributed by atoms with Crippen LogP contribution in [0.5, 0.6) is 0 Å². The van der Waals surface area contributed by atoms with E-state index >= 15 is 0 Å². The molecule has 1 fully saturated rings. The van der Waals surface area contributed by atoms with Gasteiger partial charge in [-0.3, -0.25) is 0 Å². The summed E-state index contributed by atoms with van der Waals surface area (Å²) < 4.78 is 13.1. The van der Waals surface area contributed by atoms with Crippen LogP contribution in [0.1, 0.15) is 31.7 Å². The maximum atomic E-state index is 13.1. The third-order valence-corrected chi connectivity index (χ3v) is 3.80. The monoisotopic (exact) mass is 255 g/mol. The van der Waals surface area contributed by atoms with Crippen molar-refractivity contribution in [2.24, 2.45) is 5.92 Å². The molecular weight excluding hydrogens is 237 g/mol. The number of hydrogen-bond donors (Lipinski definition) is 0. The first-order valence-electron chi connectivity index (χ1n) is 6.34. The second-order valence-electron chi connectivity index (χ2n) is 4.80. The number of nitrogens with zero attached hydrogens (tertiary/aromatic N) is 1. The molecule has 0 saturated carbocycles. The van der Waals surface area contributed by atoms with Crippen molar-refractivity contribution in [3.63, 3.8) is 0 Å². The lowest BCUT2D eigenvalue weighted by Gasteiger charge is -2.21. The molecule has 1 aliphatic heterocycles. The zero-order valence-electron chi connectivity index (χ0n) is 10.3. The first kappa shape index (κ1) is 12.7. The molecule has 17 heavy (non-hydrogen) atoms. The van der Waals surface area contributed by atoms with Crippen LogP contribution in [0.3, 0.4) is 0 Å². The van der Waals surface area contributed by atoms with Crippen LogP contribution < -0.4 is 4.90 Å². The molecule has 1 atom stereocenters. The Bertz CT molecular complexity index is 380. The Balaban J connectivity index is 2.12. The highest BCUT2D eigenvalue weighted by Crippen LogP contribution is 2.30. The Kier molecular flexibility index (Phi) is 4.27. The van der Waals surface area contributed by atoms with Gasteiger partial charge in [-0.05, 0) is 42.5 Å². The van der Waals surface area contributed by atoms with Crippen molar-refractivity contribution >= 4 is 17.3 Å². The highest BCUT2D eigenvalue weighted by atomic mass is 35.5. The van der Waals surface area contributed by atoms with Crippen LogP contribution >= 0.6 is 11.6 Å². The summed E-state index contributed by atoms with van der Waals surface area (Å²) in [6.07, 6.45) is 3.77. The topological polar surface area (TPSA) is 3.24 Å². The Hall–Kier alpha value is -0.760. The van der Waals surface area contributed by atoms with E-state index in [9.17, 15) is 4.39 Å². The summed E-state index contributed by atoms with van der Waals surface area (Å²) in [5, 5.41) is 0. The molecule has 1 saturated heterocycles. The highest BCUT2D eigenvalue weighted by Gasteiger charge is 2.23. The quantitative estimate of drug-likeness (QED) is 0.729. The largest absolute Gasteiger partial charge is 0.371 e. The number of rotatable bonds is 4. The molecule has 1 nitrogen and oxygen atoms in total. The van der Waals surface area contributed by atoms with Crippen LogP contribution in [-0.2, 0) is 5.88 Å². The molecule has 2 rings (SSSR count). The lowest BCUT2D eigenvalue weighted by atomic mass is 10.0. The van der Waals surface area contributed by atoms with E-state index in [1.54, 1.807) is 6.07 Å². The van der Waals surface area contributed by atoms with Crippen molar-refractivity contribution in [3.05, 3.63) is 29.6 Å². The predicted octanol–water partition coefficient (Wildman–Crippen LogP) is 4.19. The highest BCUT2D eigenvalue weighted by molar-refractivity contribution is 6.17. The third kappa shape index (κ3) is 2.92. The Morgan fingerprint density at radius 3 is 3.00 bits per heavy atom. The Labute approximate surface area is 108 Å². The molecule has 0 bridgehead atoms. The molecule has 3 heteroatoms. The second-order valence-corrected chi connectivity index (χ2v) is 5.06. The van der Waals surface area contributed by atoms with Crippen molar-refractivity contribution in [1.82, 2.24) is 0 Å². The number of alkyl halides is 1. The van der Waals surface area contributed by atoms with E-state index < -0.39 is 0 Å². The first-order valence-corrected chi connectivity index (χ1v) is 6.87. The van der Waals surface area contributed by atoms with Crippen molar-refractivity contribution in [3.8, 4) is 0 Å². The summed E-state index contributed by atoms with van der Waals surface area (Å²) in [5.41, 5.74) is 2.02. The predicted molar refractivity (Wildman–Crippen MR) is 71.2 cm³/mol. The standard InChI is InChI=1S/C14H19ClFN/c1-2-3-11-6-7-17(10-11)14-5-4-13(16)8-12(14)9-15/h4-5,8,11H,2-3,6-7,9-10H2,1H3. The smallest absolute Gasteiger partial charge is 0.123 e. The molecule has 0 N–H and O–H groups in total. The zero-order valence-corrected chi connectivity index (χ0v) is 11.0. The molecule has 1 aliphatic rings. The van der Waals surface area contributed by atoms with E-state index in [4.69, 9.17) is 11.6 Å². The van der Waals surface area contributed by atoms with Crippen LogP contribution in [0.25, 0.3) is 0 Å². The molecule has 1 aromatic rings. The van der Waals surface area contributed by atoms with E-state index in [0.29, 0.717) is 5.88 Å². The number of benzene rings is 1. The van der Waals surface area contributed by atoms with Crippen molar-refractivity contribution in [2.45, 2.75) is 32.1 Å². The average Bonchev–Trinajstić information content (AvgIpc) is 2.78. The molecule has 0 aliphatic carbocycles. The molecule has 1 aromatic carbocycles. The fourth-order valence-electron chi connectivity index (χ4n) is 2.66. The van der Waals surface area contributed by atoms with Gasteiger partial charge in [-0.1, -0.05) is 13.3 Å². The van der Waals surface area contributed by atoms with E-state index in [1.807, 2.05) is 6.07 Å². The van der Waals surface area contributed by atoms with E-state index in [2.05, 4.69) is 11.8 Å². The SMILES string of the molecule is CCCC1CCN(c2ccc(F)cc2CCl)C1. The van der Waals surface area contributed by atoms with Crippen molar-refractivity contribution in [1.29, 1.82) is 0 Å². The summed E-state index contributed by atoms with van der Waals surface area (Å²) in [4.78, 5) is 2.34. The van der Waals surface area contributed by atoms with Crippen LogP contribution in [0.15, 0.2) is 18.2 Å². The Morgan fingerprint density at radius 2 is 2.29 bits per heavy atom. The fourth-order valence-corrected chi connectivity index (χ4v) is 2.88. The maximum absolute atomic E-state index is 13.1. The third-order valence-electron chi connectivity index (χ3n) is 3.51. The number of anilines is 1. The normalized spacial score (nSPS) is 19.9. The zero-order chi connectivity index (χ0) is 12.3. The second kappa shape index (κ2) is 5.72. The minimum absolute atomic E-state index is 0.200. The van der Waals surface area contributed by atoms with Crippen LogP contribution in [0, 0.1) is 11.7 Å². The summed E-state index contributed by atoms with van der Waals surface area (Å²) in [7, 11) is 0.